The second-order valence-corrected chi connectivity index (χ2v) is 6.95. The number of nitrogens with zero attached hydrogens (tertiary/aromatic N) is 2. The number of fused-ring (bicyclic) bond motifs is 1. The normalized spacial score (nSPS) is 10.8. The van der Waals surface area contributed by atoms with Gasteiger partial charge < -0.3 is 15.5 Å². The molecule has 0 spiro atoms. The highest BCUT2D eigenvalue weighted by molar-refractivity contribution is 7.99. The average molecular weight is 379 g/mol. The van der Waals surface area contributed by atoms with Gasteiger partial charge in [0.05, 0.1) is 11.4 Å². The molecule has 0 saturated heterocycles. The summed E-state index contributed by atoms with van der Waals surface area (Å²) in [5.41, 5.74) is 8.57. The first kappa shape index (κ1) is 22.1. The molecule has 5 nitrogen and oxygen atoms in total. The topological polar surface area (TPSA) is 72.4 Å². The molecule has 3 N–H and O–H groups in total. The van der Waals surface area contributed by atoms with Crippen molar-refractivity contribution in [3.05, 3.63) is 35.8 Å². The molecule has 0 bridgehead atoms. The molecule has 0 fully saturated rings. The van der Waals surface area contributed by atoms with Gasteiger partial charge in [0.15, 0.2) is 0 Å². The minimum absolute atomic E-state index is 0. The Morgan fingerprint density at radius 3 is 2.70 bits per heavy atom. The van der Waals surface area contributed by atoms with E-state index < -0.39 is 0 Å². The number of hydrogen-bond acceptors (Lipinski definition) is 4. The van der Waals surface area contributed by atoms with Gasteiger partial charge in [0.1, 0.15) is 5.65 Å². The van der Waals surface area contributed by atoms with Crippen LogP contribution in [0.1, 0.15) is 25.1 Å². The predicted molar refractivity (Wildman–Crippen MR) is 102 cm³/mol. The maximum atomic E-state index is 11.7. The number of nitrogens with two attached hydrogens (primary N) is 1. The number of amides is 1. The van der Waals surface area contributed by atoms with Gasteiger partial charge in [0, 0.05) is 30.2 Å². The Balaban J connectivity index is 0.00000242. The van der Waals surface area contributed by atoms with Crippen LogP contribution in [0.3, 0.4) is 0 Å². The summed E-state index contributed by atoms with van der Waals surface area (Å²) in [6, 6.07) is 4.04. The molecule has 0 radical (unpaired) electrons. The minimum atomic E-state index is -0.375. The second-order valence-electron chi connectivity index (χ2n) is 5.96. The van der Waals surface area contributed by atoms with Crippen molar-refractivity contribution in [3.63, 3.8) is 0 Å². The van der Waals surface area contributed by atoms with E-state index in [1.165, 1.54) is 5.56 Å². The lowest BCUT2D eigenvalue weighted by molar-refractivity contribution is -0.118. The predicted octanol–water partition coefficient (Wildman–Crippen LogP) is 2.57. The molecule has 0 saturated carbocycles. The maximum Gasteiger partial charge on any atom is 0.230 e. The van der Waals surface area contributed by atoms with Crippen LogP contribution < -0.4 is 11.1 Å². The molecule has 130 valence electrons. The van der Waals surface area contributed by atoms with Crippen molar-refractivity contribution in [2.45, 2.75) is 32.1 Å². The highest BCUT2D eigenvalue weighted by atomic mass is 35.5. The van der Waals surface area contributed by atoms with Gasteiger partial charge in [-0.3, -0.25) is 4.79 Å². The standard InChI is InChI=1S/C15H22N4OS.2ClH/c1-11-4-5-13-18-12(7-19(13)6-11)8-21-9-14(20)17-10-15(2,3)16;;/h4-7H,8-10,16H2,1-3H3,(H,17,20);2*1H. The fourth-order valence-electron chi connectivity index (χ4n) is 1.85. The largest absolute Gasteiger partial charge is 0.354 e. The monoisotopic (exact) mass is 378 g/mol. The van der Waals surface area contributed by atoms with Gasteiger partial charge in [0.25, 0.3) is 0 Å². The number of halogens is 2. The molecule has 8 heteroatoms. The Hall–Kier alpha value is -0.950. The third-order valence-corrected chi connectivity index (χ3v) is 3.84. The Morgan fingerprint density at radius 1 is 1.35 bits per heavy atom. The van der Waals surface area contributed by atoms with Gasteiger partial charge in [-0.25, -0.2) is 4.98 Å². The summed E-state index contributed by atoms with van der Waals surface area (Å²) in [5.74, 6) is 1.15. The van der Waals surface area contributed by atoms with Crippen LogP contribution in [0.2, 0.25) is 0 Å². The Kier molecular flexibility index (Phi) is 8.98. The molecule has 2 heterocycles. The summed E-state index contributed by atoms with van der Waals surface area (Å²) >= 11 is 1.56. The molecule has 23 heavy (non-hydrogen) atoms. The van der Waals surface area contributed by atoms with Crippen LogP contribution >= 0.6 is 36.6 Å². The number of aryl methyl sites for hydroxylation is 1. The van der Waals surface area contributed by atoms with Crippen LogP contribution in [-0.2, 0) is 10.5 Å². The van der Waals surface area contributed by atoms with Crippen molar-refractivity contribution >= 4 is 48.1 Å². The van der Waals surface area contributed by atoms with Crippen LogP contribution in [0.4, 0.5) is 0 Å². The zero-order valence-corrected chi connectivity index (χ0v) is 16.0. The van der Waals surface area contributed by atoms with Crippen molar-refractivity contribution < 1.29 is 4.79 Å². The van der Waals surface area contributed by atoms with Gasteiger partial charge in [-0.1, -0.05) is 6.07 Å². The quantitative estimate of drug-likeness (QED) is 0.809. The van der Waals surface area contributed by atoms with Crippen LogP contribution in [-0.4, -0.2) is 33.1 Å². The SMILES string of the molecule is Cc1ccc2nc(CSCC(=O)NCC(C)(C)N)cn2c1.Cl.Cl. The molecule has 2 aromatic heterocycles. The smallest absolute Gasteiger partial charge is 0.230 e. The molecule has 0 unspecified atom stereocenters. The van der Waals surface area contributed by atoms with Gasteiger partial charge in [-0.05, 0) is 32.4 Å². The van der Waals surface area contributed by atoms with Gasteiger partial charge in [-0.2, -0.15) is 0 Å². The molecule has 0 aliphatic carbocycles. The summed E-state index contributed by atoms with van der Waals surface area (Å²) in [6.45, 7) is 6.31. The summed E-state index contributed by atoms with van der Waals surface area (Å²) in [5, 5.41) is 2.83. The van der Waals surface area contributed by atoms with Gasteiger partial charge in [-0.15, -0.1) is 36.6 Å². The molecule has 1 amide bonds. The van der Waals surface area contributed by atoms with E-state index in [0.717, 1.165) is 17.1 Å². The van der Waals surface area contributed by atoms with Crippen LogP contribution in [0.15, 0.2) is 24.5 Å². The number of pyridine rings is 1. The van der Waals surface area contributed by atoms with Gasteiger partial charge in [0.2, 0.25) is 5.91 Å². The van der Waals surface area contributed by atoms with E-state index in [9.17, 15) is 4.79 Å². The van der Waals surface area contributed by atoms with Crippen molar-refractivity contribution in [1.82, 2.24) is 14.7 Å². The first-order valence-corrected chi connectivity index (χ1v) is 8.06. The first-order valence-electron chi connectivity index (χ1n) is 6.91. The lowest BCUT2D eigenvalue weighted by Gasteiger charge is -2.18. The Bertz CT molecular complexity index is 640. The molecule has 2 rings (SSSR count). The third-order valence-electron chi connectivity index (χ3n) is 2.87. The van der Waals surface area contributed by atoms with E-state index in [1.54, 1.807) is 11.8 Å². The number of aromatic nitrogens is 2. The molecule has 2 aromatic rings. The minimum Gasteiger partial charge on any atom is -0.354 e. The first-order chi connectivity index (χ1) is 9.83. The number of nitrogens with one attached hydrogen (secondary N) is 1. The van der Waals surface area contributed by atoms with Crippen molar-refractivity contribution in [2.75, 3.05) is 12.3 Å². The molecular weight excluding hydrogens is 355 g/mol. The molecule has 0 aliphatic heterocycles. The van der Waals surface area contributed by atoms with E-state index in [-0.39, 0.29) is 36.3 Å². The lowest BCUT2D eigenvalue weighted by atomic mass is 10.1. The summed E-state index contributed by atoms with van der Waals surface area (Å²) in [6.07, 6.45) is 4.06. The van der Waals surface area contributed by atoms with Crippen LogP contribution in [0, 0.1) is 6.92 Å². The van der Waals surface area contributed by atoms with Crippen molar-refractivity contribution in [2.24, 2.45) is 5.73 Å². The second kappa shape index (κ2) is 9.37. The Morgan fingerprint density at radius 2 is 2.04 bits per heavy atom. The van der Waals surface area contributed by atoms with Crippen molar-refractivity contribution in [3.8, 4) is 0 Å². The maximum absolute atomic E-state index is 11.7. The van der Waals surface area contributed by atoms with Gasteiger partial charge >= 0.3 is 0 Å². The number of carbonyl (C=O) groups excluding carboxylic acids is 1. The van der Waals surface area contributed by atoms with Crippen molar-refractivity contribution in [1.29, 1.82) is 0 Å². The molecule has 0 aromatic carbocycles. The summed E-state index contributed by atoms with van der Waals surface area (Å²) < 4.78 is 2.02. The van der Waals surface area contributed by atoms with Crippen LogP contribution in [0.5, 0.6) is 0 Å². The molecular formula is C15H24Cl2N4OS. The highest BCUT2D eigenvalue weighted by Crippen LogP contribution is 2.13. The van der Waals surface area contributed by atoms with Crippen LogP contribution in [0.25, 0.3) is 5.65 Å². The molecule has 0 aliphatic rings. The van der Waals surface area contributed by atoms with E-state index in [1.807, 2.05) is 42.8 Å². The average Bonchev–Trinajstić information content (AvgIpc) is 2.77. The fourth-order valence-corrected chi connectivity index (χ4v) is 2.59. The fraction of sp³-hybridized carbons (Fsp3) is 0.467. The number of thioether (sulfide) groups is 1. The zero-order valence-electron chi connectivity index (χ0n) is 13.5. The Labute approximate surface area is 153 Å². The van der Waals surface area contributed by atoms with E-state index in [2.05, 4.69) is 17.2 Å². The third kappa shape index (κ3) is 7.44. The van der Waals surface area contributed by atoms with E-state index in [4.69, 9.17) is 5.73 Å². The summed E-state index contributed by atoms with van der Waals surface area (Å²) in [7, 11) is 0. The molecule has 0 atom stereocenters. The summed E-state index contributed by atoms with van der Waals surface area (Å²) in [4.78, 5) is 16.2. The lowest BCUT2D eigenvalue weighted by Crippen LogP contribution is -2.45. The zero-order chi connectivity index (χ0) is 15.5. The number of carbonyl (C=O) groups is 1. The number of rotatable bonds is 6. The number of imidazole rings is 1. The number of hydrogen-bond donors (Lipinski definition) is 2. The highest BCUT2D eigenvalue weighted by Gasteiger charge is 2.12. The van der Waals surface area contributed by atoms with E-state index in [0.29, 0.717) is 12.3 Å². The van der Waals surface area contributed by atoms with E-state index >= 15 is 0 Å².